The first-order valence-electron chi connectivity index (χ1n) is 5.31. The van der Waals surface area contributed by atoms with Crippen LogP contribution in [0.15, 0.2) is 25.6 Å². The molecule has 0 spiro atoms. The van der Waals surface area contributed by atoms with E-state index in [-0.39, 0.29) is 17.4 Å². The van der Waals surface area contributed by atoms with E-state index in [9.17, 15) is 9.59 Å². The molecule has 1 atom stereocenters. The van der Waals surface area contributed by atoms with Crippen molar-refractivity contribution >= 4 is 77.1 Å². The van der Waals surface area contributed by atoms with Crippen LogP contribution in [0.25, 0.3) is 0 Å². The van der Waals surface area contributed by atoms with E-state index in [0.29, 0.717) is 5.69 Å². The zero-order chi connectivity index (χ0) is 15.3. The predicted molar refractivity (Wildman–Crippen MR) is 91.1 cm³/mol. The number of rotatable bonds is 6. The summed E-state index contributed by atoms with van der Waals surface area (Å²) in [5.74, 6) is -0.978. The second-order valence-corrected chi connectivity index (χ2v) is 7.41. The molecule has 1 amide bonds. The maximum Gasteiger partial charge on any atom is 0.321 e. The van der Waals surface area contributed by atoms with Crippen molar-refractivity contribution in [1.82, 2.24) is 0 Å². The van der Waals surface area contributed by atoms with Crippen molar-refractivity contribution in [2.75, 3.05) is 16.8 Å². The standard InChI is InChI=1S/C11H11Br3N2O3S/c12-5-1-6(13)10(7(14)2-5)16-9(17)4-20-3-8(15)11(18)19/h1-2,8H,3-4,15H2,(H,16,17)(H,18,19)/t8-/m0/s1. The highest BCUT2D eigenvalue weighted by atomic mass is 79.9. The van der Waals surface area contributed by atoms with Gasteiger partial charge in [0, 0.05) is 19.2 Å². The fourth-order valence-corrected chi connectivity index (χ4v) is 4.42. The van der Waals surface area contributed by atoms with Gasteiger partial charge in [0.05, 0.1) is 11.4 Å². The molecule has 0 saturated carbocycles. The van der Waals surface area contributed by atoms with Crippen LogP contribution in [-0.2, 0) is 9.59 Å². The van der Waals surface area contributed by atoms with Crippen LogP contribution >= 0.6 is 59.6 Å². The van der Waals surface area contributed by atoms with Crippen LogP contribution in [0.3, 0.4) is 0 Å². The van der Waals surface area contributed by atoms with Crippen LogP contribution < -0.4 is 11.1 Å². The highest BCUT2D eigenvalue weighted by Crippen LogP contribution is 2.34. The number of carboxylic acids is 1. The summed E-state index contributed by atoms with van der Waals surface area (Å²) in [6.45, 7) is 0. The average Bonchev–Trinajstić information content (AvgIpc) is 2.33. The molecule has 0 aliphatic heterocycles. The van der Waals surface area contributed by atoms with E-state index < -0.39 is 12.0 Å². The number of aliphatic carboxylic acids is 1. The smallest absolute Gasteiger partial charge is 0.321 e. The van der Waals surface area contributed by atoms with E-state index >= 15 is 0 Å². The molecule has 1 rings (SSSR count). The maximum atomic E-state index is 11.8. The quantitative estimate of drug-likeness (QED) is 0.570. The number of carbonyl (C=O) groups is 2. The lowest BCUT2D eigenvalue weighted by atomic mass is 10.3. The number of hydrogen-bond acceptors (Lipinski definition) is 4. The third-order valence-electron chi connectivity index (χ3n) is 2.12. The molecule has 110 valence electrons. The summed E-state index contributed by atoms with van der Waals surface area (Å²) in [7, 11) is 0. The second-order valence-electron chi connectivity index (χ2n) is 3.75. The Morgan fingerprint density at radius 3 is 2.35 bits per heavy atom. The molecule has 0 fully saturated rings. The monoisotopic (exact) mass is 488 g/mol. The van der Waals surface area contributed by atoms with Crippen molar-refractivity contribution in [3.05, 3.63) is 25.6 Å². The second kappa shape index (κ2) is 8.38. The molecule has 0 radical (unpaired) electrons. The van der Waals surface area contributed by atoms with Gasteiger partial charge in [-0.1, -0.05) is 15.9 Å². The summed E-state index contributed by atoms with van der Waals surface area (Å²) < 4.78 is 2.34. The fraction of sp³-hybridized carbons (Fsp3) is 0.273. The van der Waals surface area contributed by atoms with E-state index in [2.05, 4.69) is 53.1 Å². The summed E-state index contributed by atoms with van der Waals surface area (Å²) in [4.78, 5) is 22.3. The Morgan fingerprint density at radius 1 is 1.30 bits per heavy atom. The van der Waals surface area contributed by atoms with Crippen LogP contribution in [0.4, 0.5) is 5.69 Å². The van der Waals surface area contributed by atoms with Crippen LogP contribution in [0.5, 0.6) is 0 Å². The SMILES string of the molecule is N[C@@H](CSCC(=O)Nc1c(Br)cc(Br)cc1Br)C(=O)O. The highest BCUT2D eigenvalue weighted by molar-refractivity contribution is 9.11. The van der Waals surface area contributed by atoms with Gasteiger partial charge in [0.1, 0.15) is 6.04 Å². The van der Waals surface area contributed by atoms with E-state index in [4.69, 9.17) is 10.8 Å². The van der Waals surface area contributed by atoms with Gasteiger partial charge in [-0.3, -0.25) is 9.59 Å². The number of amides is 1. The van der Waals surface area contributed by atoms with Gasteiger partial charge in [-0.15, -0.1) is 11.8 Å². The largest absolute Gasteiger partial charge is 0.480 e. The Hall–Kier alpha value is -0.0900. The van der Waals surface area contributed by atoms with Crippen molar-refractivity contribution in [1.29, 1.82) is 0 Å². The number of nitrogens with two attached hydrogens (primary N) is 1. The number of halogens is 3. The third kappa shape index (κ3) is 5.72. The van der Waals surface area contributed by atoms with Crippen LogP contribution in [0.1, 0.15) is 0 Å². The van der Waals surface area contributed by atoms with Crippen molar-refractivity contribution in [3.63, 3.8) is 0 Å². The maximum absolute atomic E-state index is 11.8. The molecule has 0 unspecified atom stereocenters. The van der Waals surface area contributed by atoms with Crippen molar-refractivity contribution in [2.45, 2.75) is 6.04 Å². The Kier molecular flexibility index (Phi) is 7.52. The Bertz CT molecular complexity index is 505. The molecular formula is C11H11Br3N2O3S. The van der Waals surface area contributed by atoms with E-state index in [1.807, 2.05) is 12.1 Å². The molecular weight excluding hydrogens is 480 g/mol. The van der Waals surface area contributed by atoms with Crippen LogP contribution in [-0.4, -0.2) is 34.5 Å². The first kappa shape index (κ1) is 18.0. The van der Waals surface area contributed by atoms with Gasteiger partial charge in [-0.2, -0.15) is 0 Å². The Balaban J connectivity index is 2.53. The Labute approximate surface area is 145 Å². The summed E-state index contributed by atoms with van der Waals surface area (Å²) in [6, 6.07) is 2.67. The number of hydrogen-bond donors (Lipinski definition) is 3. The first-order chi connectivity index (χ1) is 9.31. The zero-order valence-corrected chi connectivity index (χ0v) is 15.6. The molecule has 1 aromatic carbocycles. The summed E-state index contributed by atoms with van der Waals surface area (Å²) in [5.41, 5.74) is 5.97. The van der Waals surface area contributed by atoms with Crippen LogP contribution in [0, 0.1) is 0 Å². The lowest BCUT2D eigenvalue weighted by Crippen LogP contribution is -2.33. The molecule has 20 heavy (non-hydrogen) atoms. The summed E-state index contributed by atoms with van der Waals surface area (Å²) >= 11 is 11.2. The topological polar surface area (TPSA) is 92.4 Å². The molecule has 0 heterocycles. The fourth-order valence-electron chi connectivity index (χ4n) is 1.19. The van der Waals surface area contributed by atoms with Crippen molar-refractivity contribution in [2.24, 2.45) is 5.73 Å². The van der Waals surface area contributed by atoms with Gasteiger partial charge in [-0.05, 0) is 44.0 Å². The number of anilines is 1. The van der Waals surface area contributed by atoms with Gasteiger partial charge in [0.2, 0.25) is 5.91 Å². The number of carbonyl (C=O) groups excluding carboxylic acids is 1. The average molecular weight is 491 g/mol. The first-order valence-corrected chi connectivity index (χ1v) is 8.85. The minimum Gasteiger partial charge on any atom is -0.480 e. The van der Waals surface area contributed by atoms with E-state index in [1.54, 1.807) is 0 Å². The van der Waals surface area contributed by atoms with Crippen molar-refractivity contribution < 1.29 is 14.7 Å². The zero-order valence-electron chi connectivity index (χ0n) is 10.0. The number of benzene rings is 1. The molecule has 1 aromatic rings. The number of carboxylic acid groups (broad SMARTS) is 1. The number of nitrogens with one attached hydrogen (secondary N) is 1. The lowest BCUT2D eigenvalue weighted by Gasteiger charge is -2.11. The van der Waals surface area contributed by atoms with Gasteiger partial charge >= 0.3 is 5.97 Å². The molecule has 5 nitrogen and oxygen atoms in total. The molecule has 4 N–H and O–H groups in total. The third-order valence-corrected chi connectivity index (χ3v) is 4.89. The van der Waals surface area contributed by atoms with Crippen molar-refractivity contribution in [3.8, 4) is 0 Å². The van der Waals surface area contributed by atoms with E-state index in [0.717, 1.165) is 13.4 Å². The number of thioether (sulfide) groups is 1. The van der Waals surface area contributed by atoms with E-state index in [1.165, 1.54) is 11.8 Å². The van der Waals surface area contributed by atoms with Gasteiger partial charge < -0.3 is 16.2 Å². The molecule has 0 bridgehead atoms. The van der Waals surface area contributed by atoms with Gasteiger partial charge in [-0.25, -0.2) is 0 Å². The minimum absolute atomic E-state index is 0.135. The van der Waals surface area contributed by atoms with Crippen LogP contribution in [0.2, 0.25) is 0 Å². The normalized spacial score (nSPS) is 12.0. The van der Waals surface area contributed by atoms with Gasteiger partial charge in [0.15, 0.2) is 0 Å². The molecule has 9 heteroatoms. The lowest BCUT2D eigenvalue weighted by molar-refractivity contribution is -0.137. The molecule has 0 saturated heterocycles. The molecule has 0 aliphatic carbocycles. The van der Waals surface area contributed by atoms with Gasteiger partial charge in [0.25, 0.3) is 0 Å². The minimum atomic E-state index is -1.07. The molecule has 0 aliphatic rings. The Morgan fingerprint density at radius 2 is 1.85 bits per heavy atom. The predicted octanol–water partition coefficient (Wildman–Crippen LogP) is 3.06. The highest BCUT2D eigenvalue weighted by Gasteiger charge is 2.14. The summed E-state index contributed by atoms with van der Waals surface area (Å²) in [6.07, 6.45) is 0. The molecule has 0 aromatic heterocycles. The summed E-state index contributed by atoms with van der Waals surface area (Å²) in [5, 5.41) is 11.4.